The maximum absolute atomic E-state index is 6.00. The first-order valence-electron chi connectivity index (χ1n) is 6.34. The summed E-state index contributed by atoms with van der Waals surface area (Å²) in [5.41, 5.74) is 6.06. The standard InChI is InChI=1S/C12H24N2O2/c1-10-6-14(7-11(2)16-10)12(8-13)4-3-5-15-9-12/h10-11H,3-9,13H2,1-2H3. The van der Waals surface area contributed by atoms with Crippen LogP contribution in [0.5, 0.6) is 0 Å². The van der Waals surface area contributed by atoms with E-state index in [1.54, 1.807) is 0 Å². The summed E-state index contributed by atoms with van der Waals surface area (Å²) < 4.78 is 11.4. The summed E-state index contributed by atoms with van der Waals surface area (Å²) >= 11 is 0. The zero-order valence-electron chi connectivity index (χ0n) is 10.4. The van der Waals surface area contributed by atoms with E-state index in [9.17, 15) is 0 Å². The fraction of sp³-hybridized carbons (Fsp3) is 1.00. The van der Waals surface area contributed by atoms with E-state index in [0.29, 0.717) is 18.8 Å². The van der Waals surface area contributed by atoms with E-state index in [1.807, 2.05) is 0 Å². The van der Waals surface area contributed by atoms with Crippen LogP contribution in [0.1, 0.15) is 26.7 Å². The summed E-state index contributed by atoms with van der Waals surface area (Å²) in [6.45, 7) is 8.58. The molecule has 0 aromatic rings. The molecule has 4 heteroatoms. The summed E-state index contributed by atoms with van der Waals surface area (Å²) in [5, 5.41) is 0. The van der Waals surface area contributed by atoms with Crippen molar-refractivity contribution in [2.75, 3.05) is 32.8 Å². The average Bonchev–Trinajstić information content (AvgIpc) is 2.28. The van der Waals surface area contributed by atoms with Crippen LogP contribution in [-0.4, -0.2) is 55.5 Å². The van der Waals surface area contributed by atoms with Gasteiger partial charge in [0.15, 0.2) is 0 Å². The molecule has 2 saturated heterocycles. The van der Waals surface area contributed by atoms with Gasteiger partial charge in [-0.15, -0.1) is 0 Å². The fourth-order valence-corrected chi connectivity index (χ4v) is 2.94. The van der Waals surface area contributed by atoms with Crippen LogP contribution in [0.4, 0.5) is 0 Å². The van der Waals surface area contributed by atoms with Crippen LogP contribution in [0.15, 0.2) is 0 Å². The second kappa shape index (κ2) is 5.00. The van der Waals surface area contributed by atoms with Gasteiger partial charge in [-0.2, -0.15) is 0 Å². The molecule has 2 aliphatic rings. The molecule has 3 unspecified atom stereocenters. The topological polar surface area (TPSA) is 47.7 Å². The lowest BCUT2D eigenvalue weighted by Gasteiger charge is -2.49. The highest BCUT2D eigenvalue weighted by molar-refractivity contribution is 4.96. The van der Waals surface area contributed by atoms with Gasteiger partial charge >= 0.3 is 0 Å². The number of hydrogen-bond acceptors (Lipinski definition) is 4. The van der Waals surface area contributed by atoms with Gasteiger partial charge < -0.3 is 15.2 Å². The lowest BCUT2D eigenvalue weighted by Crippen LogP contribution is -2.63. The molecule has 2 fully saturated rings. The molecule has 0 spiro atoms. The summed E-state index contributed by atoms with van der Waals surface area (Å²) in [6, 6.07) is 0. The molecule has 0 aromatic heterocycles. The van der Waals surface area contributed by atoms with Gasteiger partial charge in [-0.1, -0.05) is 0 Å². The predicted molar refractivity (Wildman–Crippen MR) is 63.4 cm³/mol. The van der Waals surface area contributed by atoms with E-state index in [2.05, 4.69) is 18.7 Å². The Kier molecular flexibility index (Phi) is 3.85. The first kappa shape index (κ1) is 12.3. The average molecular weight is 228 g/mol. The number of rotatable bonds is 2. The second-order valence-electron chi connectivity index (χ2n) is 5.25. The van der Waals surface area contributed by atoms with Crippen molar-refractivity contribution in [1.29, 1.82) is 0 Å². The van der Waals surface area contributed by atoms with Crippen molar-refractivity contribution in [1.82, 2.24) is 4.90 Å². The SMILES string of the molecule is CC1CN(C2(CN)CCCOC2)CC(C)O1. The molecule has 0 amide bonds. The van der Waals surface area contributed by atoms with Gasteiger partial charge in [0.2, 0.25) is 0 Å². The Hall–Kier alpha value is -0.160. The normalized spacial score (nSPS) is 42.2. The highest BCUT2D eigenvalue weighted by Gasteiger charge is 2.40. The molecule has 2 aliphatic heterocycles. The fourth-order valence-electron chi connectivity index (χ4n) is 2.94. The smallest absolute Gasteiger partial charge is 0.0678 e. The van der Waals surface area contributed by atoms with Gasteiger partial charge in [-0.25, -0.2) is 0 Å². The van der Waals surface area contributed by atoms with Gasteiger partial charge in [0, 0.05) is 26.2 Å². The van der Waals surface area contributed by atoms with Crippen LogP contribution < -0.4 is 5.73 Å². The van der Waals surface area contributed by atoms with Crippen LogP contribution in [-0.2, 0) is 9.47 Å². The molecule has 0 saturated carbocycles. The lowest BCUT2D eigenvalue weighted by molar-refractivity contribution is -0.129. The summed E-state index contributed by atoms with van der Waals surface area (Å²) in [6.07, 6.45) is 2.88. The van der Waals surface area contributed by atoms with Crippen LogP contribution in [0, 0.1) is 0 Å². The molecule has 2 heterocycles. The molecule has 2 N–H and O–H groups in total. The van der Waals surface area contributed by atoms with E-state index in [0.717, 1.165) is 39.1 Å². The van der Waals surface area contributed by atoms with E-state index < -0.39 is 0 Å². The Morgan fingerprint density at radius 2 is 2.00 bits per heavy atom. The highest BCUT2D eigenvalue weighted by Crippen LogP contribution is 2.28. The van der Waals surface area contributed by atoms with Crippen LogP contribution in [0.25, 0.3) is 0 Å². The van der Waals surface area contributed by atoms with Crippen molar-refractivity contribution in [3.05, 3.63) is 0 Å². The molecule has 2 rings (SSSR count). The quantitative estimate of drug-likeness (QED) is 0.752. The third-order valence-electron chi connectivity index (χ3n) is 3.77. The van der Waals surface area contributed by atoms with E-state index >= 15 is 0 Å². The molecular weight excluding hydrogens is 204 g/mol. The lowest BCUT2D eigenvalue weighted by atomic mass is 9.89. The van der Waals surface area contributed by atoms with Crippen molar-refractivity contribution < 1.29 is 9.47 Å². The molecule has 16 heavy (non-hydrogen) atoms. The maximum Gasteiger partial charge on any atom is 0.0678 e. The van der Waals surface area contributed by atoms with Crippen molar-refractivity contribution >= 4 is 0 Å². The number of nitrogens with two attached hydrogens (primary N) is 1. The van der Waals surface area contributed by atoms with Gasteiger partial charge in [0.05, 0.1) is 24.4 Å². The highest BCUT2D eigenvalue weighted by atomic mass is 16.5. The first-order valence-corrected chi connectivity index (χ1v) is 6.34. The largest absolute Gasteiger partial charge is 0.379 e. The summed E-state index contributed by atoms with van der Waals surface area (Å²) in [5.74, 6) is 0. The van der Waals surface area contributed by atoms with Gasteiger partial charge in [0.25, 0.3) is 0 Å². The number of hydrogen-bond donors (Lipinski definition) is 1. The Bertz CT molecular complexity index is 219. The number of nitrogens with zero attached hydrogens (tertiary/aromatic N) is 1. The summed E-state index contributed by atoms with van der Waals surface area (Å²) in [4.78, 5) is 2.49. The molecule has 0 aliphatic carbocycles. The third kappa shape index (κ3) is 2.40. The molecule has 0 aromatic carbocycles. The minimum atomic E-state index is 0.0601. The number of ether oxygens (including phenoxy) is 2. The van der Waals surface area contributed by atoms with Crippen molar-refractivity contribution in [3.8, 4) is 0 Å². The Labute approximate surface area is 98.1 Å². The monoisotopic (exact) mass is 228 g/mol. The van der Waals surface area contributed by atoms with Crippen LogP contribution >= 0.6 is 0 Å². The summed E-state index contributed by atoms with van der Waals surface area (Å²) in [7, 11) is 0. The Balaban J connectivity index is 2.07. The van der Waals surface area contributed by atoms with Gasteiger partial charge in [0.1, 0.15) is 0 Å². The van der Waals surface area contributed by atoms with Crippen LogP contribution in [0.2, 0.25) is 0 Å². The first-order chi connectivity index (χ1) is 7.66. The predicted octanol–water partition coefficient (Wildman–Crippen LogP) is 0.604. The van der Waals surface area contributed by atoms with Crippen LogP contribution in [0.3, 0.4) is 0 Å². The molecular formula is C12H24N2O2. The van der Waals surface area contributed by atoms with Gasteiger partial charge in [-0.3, -0.25) is 4.90 Å². The maximum atomic E-state index is 6.00. The minimum absolute atomic E-state index is 0.0601. The Morgan fingerprint density at radius 3 is 2.50 bits per heavy atom. The second-order valence-corrected chi connectivity index (χ2v) is 5.25. The molecule has 0 radical (unpaired) electrons. The van der Waals surface area contributed by atoms with E-state index in [1.165, 1.54) is 0 Å². The van der Waals surface area contributed by atoms with Crippen molar-refractivity contribution in [2.24, 2.45) is 5.73 Å². The zero-order valence-corrected chi connectivity index (χ0v) is 10.4. The third-order valence-corrected chi connectivity index (χ3v) is 3.77. The molecule has 0 bridgehead atoms. The molecule has 4 nitrogen and oxygen atoms in total. The van der Waals surface area contributed by atoms with Crippen molar-refractivity contribution in [2.45, 2.75) is 44.4 Å². The number of morpholine rings is 1. The Morgan fingerprint density at radius 1 is 1.31 bits per heavy atom. The van der Waals surface area contributed by atoms with E-state index in [4.69, 9.17) is 15.2 Å². The molecule has 94 valence electrons. The van der Waals surface area contributed by atoms with Gasteiger partial charge in [-0.05, 0) is 26.7 Å². The zero-order chi connectivity index (χ0) is 11.6. The minimum Gasteiger partial charge on any atom is -0.379 e. The molecule has 3 atom stereocenters. The van der Waals surface area contributed by atoms with Crippen molar-refractivity contribution in [3.63, 3.8) is 0 Å². The van der Waals surface area contributed by atoms with E-state index in [-0.39, 0.29) is 5.54 Å².